The topological polar surface area (TPSA) is 64.6 Å². The molecule has 118 valence electrons. The zero-order valence-corrected chi connectivity index (χ0v) is 14.0. The summed E-state index contributed by atoms with van der Waals surface area (Å²) in [4.78, 5) is 23.7. The highest BCUT2D eigenvalue weighted by Crippen LogP contribution is 2.37. The van der Waals surface area contributed by atoms with Crippen LogP contribution in [-0.4, -0.2) is 38.7 Å². The zero-order valence-electron chi connectivity index (χ0n) is 11.7. The van der Waals surface area contributed by atoms with Crippen LogP contribution in [0.1, 0.15) is 9.67 Å². The fourth-order valence-corrected chi connectivity index (χ4v) is 3.39. The Labute approximate surface area is 141 Å². The number of hydrogen-bond acceptors (Lipinski definition) is 5. The zero-order chi connectivity index (χ0) is 16.1. The number of amides is 1. The van der Waals surface area contributed by atoms with Crippen LogP contribution in [0.4, 0.5) is 0 Å². The lowest BCUT2D eigenvalue weighted by atomic mass is 10.2. The summed E-state index contributed by atoms with van der Waals surface area (Å²) < 4.78 is 10.5. The van der Waals surface area contributed by atoms with Gasteiger partial charge in [0.1, 0.15) is 4.88 Å². The molecule has 5 nitrogen and oxygen atoms in total. The van der Waals surface area contributed by atoms with E-state index < -0.39 is 11.9 Å². The highest BCUT2D eigenvalue weighted by Gasteiger charge is 2.19. The van der Waals surface area contributed by atoms with Gasteiger partial charge in [0, 0.05) is 28.8 Å². The predicted molar refractivity (Wildman–Crippen MR) is 87.0 cm³/mol. The number of nitrogens with one attached hydrogen (secondary N) is 1. The van der Waals surface area contributed by atoms with Crippen molar-refractivity contribution in [3.63, 3.8) is 0 Å². The van der Waals surface area contributed by atoms with Crippen LogP contribution in [0.3, 0.4) is 0 Å². The minimum Gasteiger partial charge on any atom is -0.451 e. The molecule has 1 aromatic carbocycles. The third-order valence-corrected chi connectivity index (χ3v) is 4.61. The second kappa shape index (κ2) is 7.78. The largest absolute Gasteiger partial charge is 0.451 e. The molecule has 1 heterocycles. The summed E-state index contributed by atoms with van der Waals surface area (Å²) in [5.74, 6) is -1.03. The summed E-state index contributed by atoms with van der Waals surface area (Å²) in [6, 6.07) is 5.16. The molecule has 0 fully saturated rings. The number of halogens is 2. The number of rotatable bonds is 6. The molecule has 0 aliphatic carbocycles. The molecule has 0 aliphatic heterocycles. The average molecular weight is 362 g/mol. The standard InChI is InChI=1S/C14H13Cl2NO4S/c1-20-5-4-17-11(18)7-21-14(19)13-12(16)9-3-2-8(15)6-10(9)22-13/h2-3,6H,4-5,7H2,1H3,(H,17,18). The molecule has 0 radical (unpaired) electrons. The van der Waals surface area contributed by atoms with Crippen LogP contribution in [0, 0.1) is 0 Å². The lowest BCUT2D eigenvalue weighted by Gasteiger charge is -2.05. The third-order valence-electron chi connectivity index (χ3n) is 2.74. The average Bonchev–Trinajstić information content (AvgIpc) is 2.81. The van der Waals surface area contributed by atoms with Gasteiger partial charge in [-0.15, -0.1) is 11.3 Å². The summed E-state index contributed by atoms with van der Waals surface area (Å²) in [6.45, 7) is 0.380. The summed E-state index contributed by atoms with van der Waals surface area (Å²) in [6.07, 6.45) is 0. The SMILES string of the molecule is COCCNC(=O)COC(=O)c1sc2cc(Cl)ccc2c1Cl. The first-order valence-corrected chi connectivity index (χ1v) is 7.90. The maximum Gasteiger partial charge on any atom is 0.350 e. The number of carbonyl (C=O) groups is 2. The minimum absolute atomic E-state index is 0.253. The summed E-state index contributed by atoms with van der Waals surface area (Å²) in [7, 11) is 1.53. The Kier molecular flexibility index (Phi) is 6.02. The molecule has 22 heavy (non-hydrogen) atoms. The van der Waals surface area contributed by atoms with E-state index in [-0.39, 0.29) is 11.5 Å². The molecule has 0 saturated heterocycles. The van der Waals surface area contributed by atoms with Gasteiger partial charge in [0.05, 0.1) is 11.6 Å². The van der Waals surface area contributed by atoms with Crippen molar-refractivity contribution in [2.75, 3.05) is 26.9 Å². The number of hydrogen-bond donors (Lipinski definition) is 1. The maximum absolute atomic E-state index is 12.0. The van der Waals surface area contributed by atoms with Gasteiger partial charge < -0.3 is 14.8 Å². The smallest absolute Gasteiger partial charge is 0.350 e. The molecule has 0 atom stereocenters. The van der Waals surface area contributed by atoms with Crippen molar-refractivity contribution < 1.29 is 19.1 Å². The first-order valence-electron chi connectivity index (χ1n) is 6.33. The third kappa shape index (κ3) is 4.10. The molecule has 0 bridgehead atoms. The van der Waals surface area contributed by atoms with Gasteiger partial charge in [-0.3, -0.25) is 4.79 Å². The minimum atomic E-state index is -0.635. The molecule has 0 unspecified atom stereocenters. The first-order chi connectivity index (χ1) is 10.5. The van der Waals surface area contributed by atoms with Crippen molar-refractivity contribution >= 4 is 56.5 Å². The van der Waals surface area contributed by atoms with Crippen LogP contribution < -0.4 is 5.32 Å². The number of benzene rings is 1. The molecule has 1 aromatic heterocycles. The lowest BCUT2D eigenvalue weighted by molar-refractivity contribution is -0.124. The van der Waals surface area contributed by atoms with Crippen molar-refractivity contribution in [1.29, 1.82) is 0 Å². The number of methoxy groups -OCH3 is 1. The van der Waals surface area contributed by atoms with Gasteiger partial charge in [-0.25, -0.2) is 4.79 Å². The Balaban J connectivity index is 2.01. The Morgan fingerprint density at radius 2 is 2.09 bits per heavy atom. The number of fused-ring (bicyclic) bond motifs is 1. The van der Waals surface area contributed by atoms with E-state index in [0.717, 1.165) is 10.1 Å². The van der Waals surface area contributed by atoms with Crippen molar-refractivity contribution in [1.82, 2.24) is 5.32 Å². The fourth-order valence-electron chi connectivity index (χ4n) is 1.71. The van der Waals surface area contributed by atoms with Crippen molar-refractivity contribution in [2.45, 2.75) is 0 Å². The van der Waals surface area contributed by atoms with Gasteiger partial charge in [-0.05, 0) is 12.1 Å². The summed E-state index contributed by atoms with van der Waals surface area (Å²) >= 11 is 13.3. The van der Waals surface area contributed by atoms with E-state index in [1.165, 1.54) is 18.4 Å². The van der Waals surface area contributed by atoms with Crippen LogP contribution in [0.5, 0.6) is 0 Å². The number of esters is 1. The van der Waals surface area contributed by atoms with Gasteiger partial charge in [0.25, 0.3) is 5.91 Å². The highest BCUT2D eigenvalue weighted by molar-refractivity contribution is 7.21. The molecule has 0 spiro atoms. The molecule has 2 aromatic rings. The number of ether oxygens (including phenoxy) is 2. The first kappa shape index (κ1) is 17.0. The van der Waals surface area contributed by atoms with E-state index in [1.54, 1.807) is 18.2 Å². The molecule has 1 amide bonds. The van der Waals surface area contributed by atoms with Crippen LogP contribution >= 0.6 is 34.5 Å². The van der Waals surface area contributed by atoms with Crippen molar-refractivity contribution in [3.05, 3.63) is 33.1 Å². The maximum atomic E-state index is 12.0. The fraction of sp³-hybridized carbons (Fsp3) is 0.286. The highest BCUT2D eigenvalue weighted by atomic mass is 35.5. The molecule has 0 saturated carbocycles. The molecule has 8 heteroatoms. The number of thiophene rings is 1. The lowest BCUT2D eigenvalue weighted by Crippen LogP contribution is -2.31. The molecule has 2 rings (SSSR count). The summed E-state index contributed by atoms with van der Waals surface area (Å²) in [5.41, 5.74) is 0. The van der Waals surface area contributed by atoms with Gasteiger partial charge in [0.2, 0.25) is 0 Å². The normalized spacial score (nSPS) is 10.7. The van der Waals surface area contributed by atoms with Gasteiger partial charge >= 0.3 is 5.97 Å². The summed E-state index contributed by atoms with van der Waals surface area (Å²) in [5, 5.41) is 4.15. The van der Waals surface area contributed by atoms with E-state index in [4.69, 9.17) is 32.7 Å². The van der Waals surface area contributed by atoms with Crippen LogP contribution in [0.25, 0.3) is 10.1 Å². The van der Waals surface area contributed by atoms with Gasteiger partial charge in [-0.1, -0.05) is 29.3 Å². The van der Waals surface area contributed by atoms with Gasteiger partial charge in [0.15, 0.2) is 6.61 Å². The van der Waals surface area contributed by atoms with Crippen LogP contribution in [0.15, 0.2) is 18.2 Å². The van der Waals surface area contributed by atoms with Crippen molar-refractivity contribution in [3.8, 4) is 0 Å². The predicted octanol–water partition coefficient (Wildman–Crippen LogP) is 3.13. The van der Waals surface area contributed by atoms with Crippen LogP contribution in [0.2, 0.25) is 10.0 Å². The van der Waals surface area contributed by atoms with E-state index >= 15 is 0 Å². The second-order valence-corrected chi connectivity index (χ2v) is 6.17. The van der Waals surface area contributed by atoms with E-state index in [2.05, 4.69) is 5.32 Å². The molecular formula is C14H13Cl2NO4S. The monoisotopic (exact) mass is 361 g/mol. The van der Waals surface area contributed by atoms with E-state index in [9.17, 15) is 9.59 Å². The number of carbonyl (C=O) groups excluding carboxylic acids is 2. The quantitative estimate of drug-likeness (QED) is 0.634. The Bertz CT molecular complexity index is 701. The van der Waals surface area contributed by atoms with Crippen LogP contribution in [-0.2, 0) is 14.3 Å². The Hall–Kier alpha value is -1.34. The second-order valence-electron chi connectivity index (χ2n) is 4.30. The molecule has 1 N–H and O–H groups in total. The van der Waals surface area contributed by atoms with Gasteiger partial charge in [-0.2, -0.15) is 0 Å². The van der Waals surface area contributed by atoms with Crippen molar-refractivity contribution in [2.24, 2.45) is 0 Å². The van der Waals surface area contributed by atoms with E-state index in [0.29, 0.717) is 23.2 Å². The Morgan fingerprint density at radius 3 is 2.82 bits per heavy atom. The molecular weight excluding hydrogens is 349 g/mol. The van der Waals surface area contributed by atoms with E-state index in [1.807, 2.05) is 0 Å². The Morgan fingerprint density at radius 1 is 1.32 bits per heavy atom. The molecule has 0 aliphatic rings.